The number of pyridine rings is 1. The van der Waals surface area contributed by atoms with Crippen molar-refractivity contribution in [3.63, 3.8) is 0 Å². The predicted molar refractivity (Wildman–Crippen MR) is 59.4 cm³/mol. The Morgan fingerprint density at radius 3 is 2.60 bits per heavy atom. The van der Waals surface area contributed by atoms with E-state index in [1.54, 1.807) is 12.4 Å². The van der Waals surface area contributed by atoms with Crippen LogP contribution < -0.4 is 0 Å². The molecular weight excluding hydrogens is 186 g/mol. The van der Waals surface area contributed by atoms with E-state index < -0.39 is 0 Å². The van der Waals surface area contributed by atoms with Gasteiger partial charge in [0.2, 0.25) is 0 Å². The summed E-state index contributed by atoms with van der Waals surface area (Å²) in [6, 6.07) is 6.00. The normalized spacial score (nSPS) is 10.6. The lowest BCUT2D eigenvalue weighted by Gasteiger charge is -2.10. The van der Waals surface area contributed by atoms with Crippen LogP contribution in [0.15, 0.2) is 36.8 Å². The van der Waals surface area contributed by atoms with Gasteiger partial charge in [0, 0.05) is 11.8 Å². The van der Waals surface area contributed by atoms with Gasteiger partial charge in [0.25, 0.3) is 0 Å². The summed E-state index contributed by atoms with van der Waals surface area (Å²) < 4.78 is 0. The molecule has 0 atom stereocenters. The van der Waals surface area contributed by atoms with Crippen molar-refractivity contribution in [2.24, 2.45) is 0 Å². The Morgan fingerprint density at radius 2 is 1.93 bits per heavy atom. The quantitative estimate of drug-likeness (QED) is 0.746. The van der Waals surface area contributed by atoms with Gasteiger partial charge in [-0.1, -0.05) is 19.9 Å². The zero-order valence-electron chi connectivity index (χ0n) is 8.88. The Kier molecular flexibility index (Phi) is 2.72. The fourth-order valence-electron chi connectivity index (χ4n) is 1.56. The van der Waals surface area contributed by atoms with E-state index in [2.05, 4.69) is 35.1 Å². The van der Waals surface area contributed by atoms with Crippen molar-refractivity contribution in [2.45, 2.75) is 19.8 Å². The van der Waals surface area contributed by atoms with Crippen LogP contribution in [0.2, 0.25) is 0 Å². The molecule has 0 fully saturated rings. The second-order valence-electron chi connectivity index (χ2n) is 3.73. The number of nitrogens with zero attached hydrogens (tertiary/aromatic N) is 3. The second kappa shape index (κ2) is 4.17. The van der Waals surface area contributed by atoms with Crippen LogP contribution in [0.1, 0.15) is 25.3 Å². The largest absolute Gasteiger partial charge is 0.256 e. The summed E-state index contributed by atoms with van der Waals surface area (Å²) >= 11 is 0. The van der Waals surface area contributed by atoms with Crippen LogP contribution in [-0.2, 0) is 0 Å². The van der Waals surface area contributed by atoms with Crippen molar-refractivity contribution in [1.29, 1.82) is 0 Å². The highest BCUT2D eigenvalue weighted by molar-refractivity contribution is 5.62. The minimum absolute atomic E-state index is 0.460. The summed E-state index contributed by atoms with van der Waals surface area (Å²) in [5, 5.41) is 7.64. The lowest BCUT2D eigenvalue weighted by Crippen LogP contribution is -1.95. The van der Waals surface area contributed by atoms with Crippen molar-refractivity contribution < 1.29 is 0 Å². The van der Waals surface area contributed by atoms with E-state index in [4.69, 9.17) is 0 Å². The molecule has 76 valence electrons. The highest BCUT2D eigenvalue weighted by Gasteiger charge is 2.08. The number of hydrogen-bond acceptors (Lipinski definition) is 3. The van der Waals surface area contributed by atoms with Crippen LogP contribution in [0.3, 0.4) is 0 Å². The third-order valence-electron chi connectivity index (χ3n) is 2.32. The summed E-state index contributed by atoms with van der Waals surface area (Å²) in [6.45, 7) is 4.32. The van der Waals surface area contributed by atoms with Gasteiger partial charge >= 0.3 is 0 Å². The fraction of sp³-hybridized carbons (Fsp3) is 0.250. The van der Waals surface area contributed by atoms with Crippen LogP contribution >= 0.6 is 0 Å². The zero-order chi connectivity index (χ0) is 10.7. The molecule has 0 saturated carbocycles. The smallest absolute Gasteiger partial charge is 0.0753 e. The van der Waals surface area contributed by atoms with Crippen molar-refractivity contribution in [3.05, 3.63) is 42.4 Å². The summed E-state index contributed by atoms with van der Waals surface area (Å²) in [5.41, 5.74) is 3.27. The number of hydrogen-bond donors (Lipinski definition) is 0. The molecule has 3 nitrogen and oxygen atoms in total. The average Bonchev–Trinajstić information content (AvgIpc) is 2.30. The van der Waals surface area contributed by atoms with Crippen LogP contribution in [0, 0.1) is 0 Å². The molecule has 0 aliphatic heterocycles. The topological polar surface area (TPSA) is 38.7 Å². The van der Waals surface area contributed by atoms with Gasteiger partial charge in [0.05, 0.1) is 18.1 Å². The Morgan fingerprint density at radius 1 is 1.07 bits per heavy atom. The highest BCUT2D eigenvalue weighted by atomic mass is 15.1. The first-order valence-corrected chi connectivity index (χ1v) is 5.01. The summed E-state index contributed by atoms with van der Waals surface area (Å²) in [7, 11) is 0. The maximum Gasteiger partial charge on any atom is 0.0753 e. The number of rotatable bonds is 2. The molecule has 0 unspecified atom stereocenters. The average molecular weight is 199 g/mol. The standard InChI is InChI=1S/C12H13N3/c1-9(2)11-4-3-6-13-12(11)10-5-7-14-15-8-10/h3-9H,1-2H3. The third-order valence-corrected chi connectivity index (χ3v) is 2.32. The van der Waals surface area contributed by atoms with Gasteiger partial charge in [-0.15, -0.1) is 0 Å². The van der Waals surface area contributed by atoms with Crippen molar-refractivity contribution in [2.75, 3.05) is 0 Å². The minimum Gasteiger partial charge on any atom is -0.256 e. The monoisotopic (exact) mass is 199 g/mol. The molecule has 0 aliphatic rings. The molecule has 0 saturated heterocycles. The molecule has 2 rings (SSSR count). The Hall–Kier alpha value is -1.77. The van der Waals surface area contributed by atoms with Gasteiger partial charge < -0.3 is 0 Å². The van der Waals surface area contributed by atoms with Gasteiger partial charge in [-0.25, -0.2) is 0 Å². The fourth-order valence-corrected chi connectivity index (χ4v) is 1.56. The van der Waals surface area contributed by atoms with Crippen molar-refractivity contribution in [1.82, 2.24) is 15.2 Å². The molecule has 3 heteroatoms. The van der Waals surface area contributed by atoms with Gasteiger partial charge in [-0.3, -0.25) is 4.98 Å². The van der Waals surface area contributed by atoms with E-state index in [0.717, 1.165) is 11.3 Å². The molecular formula is C12H13N3. The van der Waals surface area contributed by atoms with Crippen LogP contribution in [0.5, 0.6) is 0 Å². The van der Waals surface area contributed by atoms with Crippen molar-refractivity contribution >= 4 is 0 Å². The molecule has 0 aromatic carbocycles. The van der Waals surface area contributed by atoms with E-state index >= 15 is 0 Å². The molecule has 0 bridgehead atoms. The van der Waals surface area contributed by atoms with Crippen molar-refractivity contribution in [3.8, 4) is 11.3 Å². The molecule has 2 aromatic heterocycles. The van der Waals surface area contributed by atoms with Crippen LogP contribution in [0.25, 0.3) is 11.3 Å². The van der Waals surface area contributed by atoms with E-state index in [9.17, 15) is 0 Å². The van der Waals surface area contributed by atoms with Crippen LogP contribution in [0.4, 0.5) is 0 Å². The maximum atomic E-state index is 4.40. The van der Waals surface area contributed by atoms with E-state index in [1.165, 1.54) is 5.56 Å². The Balaban J connectivity index is 2.53. The van der Waals surface area contributed by atoms with Gasteiger partial charge in [-0.2, -0.15) is 10.2 Å². The first kappa shape index (κ1) is 9.77. The summed E-state index contributed by atoms with van der Waals surface area (Å²) in [6.07, 6.45) is 5.24. The maximum absolute atomic E-state index is 4.40. The molecule has 0 spiro atoms. The van der Waals surface area contributed by atoms with E-state index in [0.29, 0.717) is 5.92 Å². The second-order valence-corrected chi connectivity index (χ2v) is 3.73. The molecule has 0 amide bonds. The van der Waals surface area contributed by atoms with E-state index in [-0.39, 0.29) is 0 Å². The van der Waals surface area contributed by atoms with Gasteiger partial charge in [0.15, 0.2) is 0 Å². The first-order chi connectivity index (χ1) is 7.29. The minimum atomic E-state index is 0.460. The lowest BCUT2D eigenvalue weighted by molar-refractivity contribution is 0.860. The molecule has 2 heterocycles. The predicted octanol–water partition coefficient (Wildman–Crippen LogP) is 2.66. The van der Waals surface area contributed by atoms with Gasteiger partial charge in [0.1, 0.15) is 0 Å². The highest BCUT2D eigenvalue weighted by Crippen LogP contribution is 2.25. The molecule has 0 N–H and O–H groups in total. The molecule has 2 aromatic rings. The Labute approximate surface area is 89.2 Å². The zero-order valence-corrected chi connectivity index (χ0v) is 8.88. The third kappa shape index (κ3) is 2.01. The molecule has 15 heavy (non-hydrogen) atoms. The van der Waals surface area contributed by atoms with Crippen LogP contribution in [-0.4, -0.2) is 15.2 Å². The Bertz CT molecular complexity index is 438. The summed E-state index contributed by atoms with van der Waals surface area (Å²) in [5.74, 6) is 0.460. The van der Waals surface area contributed by atoms with E-state index in [1.807, 2.05) is 18.3 Å². The summed E-state index contributed by atoms with van der Waals surface area (Å²) in [4.78, 5) is 4.40. The van der Waals surface area contributed by atoms with Gasteiger partial charge in [-0.05, 0) is 23.6 Å². The molecule has 0 radical (unpaired) electrons. The molecule has 0 aliphatic carbocycles. The lowest BCUT2D eigenvalue weighted by atomic mass is 9.98. The SMILES string of the molecule is CC(C)c1cccnc1-c1ccnnc1. The number of aromatic nitrogens is 3. The first-order valence-electron chi connectivity index (χ1n) is 5.01.